The number of aromatic nitrogens is 1. The molecule has 0 saturated carbocycles. The number of carbonyl (C=O) groups excluding carboxylic acids is 2. The Morgan fingerprint density at radius 2 is 1.77 bits per heavy atom. The lowest BCUT2D eigenvalue weighted by Crippen LogP contribution is -2.27. The molecule has 4 rings (SSSR count). The highest BCUT2D eigenvalue weighted by atomic mass is 32.2. The minimum Gasteiger partial charge on any atom is -0.378 e. The van der Waals surface area contributed by atoms with Gasteiger partial charge in [0.2, 0.25) is 0 Å². The third-order valence-corrected chi connectivity index (χ3v) is 5.91. The van der Waals surface area contributed by atoms with E-state index in [0.29, 0.717) is 4.91 Å². The Morgan fingerprint density at radius 1 is 1.00 bits per heavy atom. The first-order valence-corrected chi connectivity index (χ1v) is 10.5. The summed E-state index contributed by atoms with van der Waals surface area (Å²) in [4.78, 5) is 29.2. The highest BCUT2D eigenvalue weighted by Crippen LogP contribution is 2.34. The summed E-state index contributed by atoms with van der Waals surface area (Å²) < 4.78 is 2.01. The van der Waals surface area contributed by atoms with Crippen LogP contribution in [-0.2, 0) is 11.3 Å². The summed E-state index contributed by atoms with van der Waals surface area (Å²) in [5.41, 5.74) is 5.02. The maximum Gasteiger partial charge on any atom is 0.293 e. The summed E-state index contributed by atoms with van der Waals surface area (Å²) in [6.07, 6.45) is 3.74. The standard InChI is InChI=1S/C24H23N3O2S/c1-17-6-4-7-18(14-17)16-27-23(28)22(30-24(27)29)15-21-8-5-13-26(21)20-11-9-19(10-12-20)25(2)3/h4-15H,16H2,1-3H3/b22-15-. The second-order valence-corrected chi connectivity index (χ2v) is 8.46. The SMILES string of the molecule is Cc1cccc(CN2C(=O)S/C(=C\c3cccn3-c3ccc(N(C)C)cc3)C2=O)c1. The monoisotopic (exact) mass is 417 g/mol. The largest absolute Gasteiger partial charge is 0.378 e. The van der Waals surface area contributed by atoms with E-state index in [-0.39, 0.29) is 17.7 Å². The number of hydrogen-bond donors (Lipinski definition) is 0. The van der Waals surface area contributed by atoms with Crippen LogP contribution in [0.15, 0.2) is 71.8 Å². The van der Waals surface area contributed by atoms with Gasteiger partial charge >= 0.3 is 0 Å². The number of amides is 2. The molecule has 1 aromatic heterocycles. The van der Waals surface area contributed by atoms with Crippen molar-refractivity contribution in [2.24, 2.45) is 0 Å². The summed E-state index contributed by atoms with van der Waals surface area (Å²) >= 11 is 0.992. The molecular formula is C24H23N3O2S. The van der Waals surface area contributed by atoms with Crippen molar-refractivity contribution in [3.8, 4) is 5.69 Å². The highest BCUT2D eigenvalue weighted by molar-refractivity contribution is 8.18. The van der Waals surface area contributed by atoms with E-state index in [2.05, 4.69) is 12.1 Å². The number of nitrogens with zero attached hydrogens (tertiary/aromatic N) is 3. The molecule has 0 unspecified atom stereocenters. The molecule has 1 saturated heterocycles. The molecular weight excluding hydrogens is 394 g/mol. The van der Waals surface area contributed by atoms with Crippen LogP contribution in [0.25, 0.3) is 11.8 Å². The summed E-state index contributed by atoms with van der Waals surface area (Å²) in [5.74, 6) is -0.248. The molecule has 3 aromatic rings. The molecule has 0 bridgehead atoms. The molecule has 5 nitrogen and oxygen atoms in total. The van der Waals surface area contributed by atoms with Crippen LogP contribution >= 0.6 is 11.8 Å². The first-order chi connectivity index (χ1) is 14.4. The number of anilines is 1. The van der Waals surface area contributed by atoms with E-state index >= 15 is 0 Å². The van der Waals surface area contributed by atoms with Crippen LogP contribution in [0.5, 0.6) is 0 Å². The van der Waals surface area contributed by atoms with Crippen LogP contribution in [0.4, 0.5) is 10.5 Å². The Bertz CT molecular complexity index is 1130. The number of benzene rings is 2. The van der Waals surface area contributed by atoms with E-state index in [1.165, 1.54) is 4.90 Å². The van der Waals surface area contributed by atoms with Crippen molar-refractivity contribution < 1.29 is 9.59 Å². The molecule has 30 heavy (non-hydrogen) atoms. The van der Waals surface area contributed by atoms with Crippen molar-refractivity contribution in [3.63, 3.8) is 0 Å². The van der Waals surface area contributed by atoms with E-state index in [0.717, 1.165) is 40.0 Å². The molecule has 0 atom stereocenters. The zero-order valence-corrected chi connectivity index (χ0v) is 18.0. The molecule has 152 valence electrons. The number of imide groups is 1. The lowest BCUT2D eigenvalue weighted by Gasteiger charge is -2.14. The smallest absolute Gasteiger partial charge is 0.293 e. The molecule has 0 aliphatic carbocycles. The minimum atomic E-state index is -0.248. The highest BCUT2D eigenvalue weighted by Gasteiger charge is 2.35. The van der Waals surface area contributed by atoms with E-state index in [1.54, 1.807) is 6.08 Å². The molecule has 0 radical (unpaired) electrons. The van der Waals surface area contributed by atoms with Gasteiger partial charge in [-0.2, -0.15) is 0 Å². The zero-order chi connectivity index (χ0) is 21.3. The van der Waals surface area contributed by atoms with Crippen molar-refractivity contribution in [1.82, 2.24) is 9.47 Å². The van der Waals surface area contributed by atoms with Gasteiger partial charge < -0.3 is 9.47 Å². The summed E-state index contributed by atoms with van der Waals surface area (Å²) in [7, 11) is 4.01. The molecule has 0 spiro atoms. The number of hydrogen-bond acceptors (Lipinski definition) is 4. The van der Waals surface area contributed by atoms with Gasteiger partial charge in [-0.25, -0.2) is 0 Å². The van der Waals surface area contributed by atoms with Crippen LogP contribution in [0.2, 0.25) is 0 Å². The fourth-order valence-electron chi connectivity index (χ4n) is 3.42. The average molecular weight is 418 g/mol. The van der Waals surface area contributed by atoms with Crippen molar-refractivity contribution in [2.45, 2.75) is 13.5 Å². The quantitative estimate of drug-likeness (QED) is 0.543. The van der Waals surface area contributed by atoms with Crippen molar-refractivity contribution in [1.29, 1.82) is 0 Å². The Kier molecular flexibility index (Phi) is 5.50. The zero-order valence-electron chi connectivity index (χ0n) is 17.2. The van der Waals surface area contributed by atoms with Gasteiger partial charge in [0, 0.05) is 37.4 Å². The molecule has 2 heterocycles. The number of rotatable bonds is 5. The van der Waals surface area contributed by atoms with Crippen molar-refractivity contribution in [2.75, 3.05) is 19.0 Å². The minimum absolute atomic E-state index is 0.235. The van der Waals surface area contributed by atoms with Gasteiger partial charge in [-0.05, 0) is 66.7 Å². The van der Waals surface area contributed by atoms with Crippen LogP contribution in [0.1, 0.15) is 16.8 Å². The van der Waals surface area contributed by atoms with Crippen molar-refractivity contribution in [3.05, 3.63) is 88.6 Å². The van der Waals surface area contributed by atoms with Gasteiger partial charge in [0.15, 0.2) is 0 Å². The molecule has 1 aliphatic heterocycles. The van der Waals surface area contributed by atoms with E-state index in [9.17, 15) is 9.59 Å². The maximum atomic E-state index is 12.9. The van der Waals surface area contributed by atoms with E-state index < -0.39 is 0 Å². The van der Waals surface area contributed by atoms with Crippen LogP contribution in [-0.4, -0.2) is 34.7 Å². The molecule has 6 heteroatoms. The Labute approximate surface area is 180 Å². The predicted molar refractivity (Wildman–Crippen MR) is 123 cm³/mol. The fraction of sp³-hybridized carbons (Fsp3) is 0.167. The Morgan fingerprint density at radius 3 is 2.47 bits per heavy atom. The summed E-state index contributed by atoms with van der Waals surface area (Å²) in [6, 6.07) is 19.9. The molecule has 2 amide bonds. The van der Waals surface area contributed by atoms with Gasteiger partial charge in [-0.3, -0.25) is 14.5 Å². The third kappa shape index (κ3) is 4.04. The second kappa shape index (κ2) is 8.24. The second-order valence-electron chi connectivity index (χ2n) is 7.47. The topological polar surface area (TPSA) is 45.6 Å². The van der Waals surface area contributed by atoms with Gasteiger partial charge in [0.25, 0.3) is 11.1 Å². The number of thioether (sulfide) groups is 1. The summed E-state index contributed by atoms with van der Waals surface area (Å²) in [5, 5.41) is -0.235. The normalized spacial score (nSPS) is 15.3. The van der Waals surface area contributed by atoms with Gasteiger partial charge in [-0.1, -0.05) is 29.8 Å². The lowest BCUT2D eigenvalue weighted by atomic mass is 10.1. The fourth-order valence-corrected chi connectivity index (χ4v) is 4.24. The van der Waals surface area contributed by atoms with Gasteiger partial charge in [-0.15, -0.1) is 0 Å². The first kappa shape index (κ1) is 20.0. The Balaban J connectivity index is 1.58. The van der Waals surface area contributed by atoms with E-state index in [1.807, 2.05) is 85.2 Å². The molecule has 1 aliphatic rings. The maximum absolute atomic E-state index is 12.9. The third-order valence-electron chi connectivity index (χ3n) is 5.00. The van der Waals surface area contributed by atoms with Gasteiger partial charge in [0.05, 0.1) is 11.4 Å². The molecule has 0 N–H and O–H groups in total. The first-order valence-electron chi connectivity index (χ1n) is 9.68. The number of aryl methyl sites for hydroxylation is 1. The average Bonchev–Trinajstić information content (AvgIpc) is 3.28. The molecule has 1 fully saturated rings. The summed E-state index contributed by atoms with van der Waals surface area (Å²) in [6.45, 7) is 2.28. The lowest BCUT2D eigenvalue weighted by molar-refractivity contribution is -0.123. The van der Waals surface area contributed by atoms with Crippen LogP contribution in [0, 0.1) is 6.92 Å². The van der Waals surface area contributed by atoms with Gasteiger partial charge in [0.1, 0.15) is 0 Å². The Hall–Kier alpha value is -3.25. The van der Waals surface area contributed by atoms with E-state index in [4.69, 9.17) is 0 Å². The van der Waals surface area contributed by atoms with Crippen LogP contribution in [0.3, 0.4) is 0 Å². The number of carbonyl (C=O) groups is 2. The predicted octanol–water partition coefficient (Wildman–Crippen LogP) is 5.09. The van der Waals surface area contributed by atoms with Crippen LogP contribution < -0.4 is 4.90 Å². The van der Waals surface area contributed by atoms with Crippen molar-refractivity contribution >= 4 is 34.7 Å². The molecule has 2 aromatic carbocycles.